The molecule has 1 saturated carbocycles. The molecule has 0 bridgehead atoms. The Labute approximate surface area is 226 Å². The predicted octanol–water partition coefficient (Wildman–Crippen LogP) is 9.41. The highest BCUT2D eigenvalue weighted by molar-refractivity contribution is 5.99. The fourth-order valence-corrected chi connectivity index (χ4v) is 6.29. The molecule has 1 saturated heterocycles. The number of hydrogen-bond donors (Lipinski definition) is 0. The standard InChI is InChI=1S/C28H33N3.C4H10.C2H6/c1-19-7-6-10-25-28(19)20(2)17-27-30(23-8-4-5-9-23)26-18-22(11-12-24(26)31(25)27)21-13-15-29(3)16-14-21;1-3-4-2;1-2/h6-7,10-12,17-18,21,23H,2,4-5,8-9,13-16H2,1,3H3;3-4H2,1-2H3;1-2H3. The first-order chi connectivity index (χ1) is 18.0. The molecule has 4 aliphatic rings. The molecule has 6 rings (SSSR count). The lowest BCUT2D eigenvalue weighted by molar-refractivity contribution is 0.255. The van der Waals surface area contributed by atoms with Gasteiger partial charge in [-0.15, -0.1) is 0 Å². The van der Waals surface area contributed by atoms with Crippen LogP contribution in [0.4, 0.5) is 17.1 Å². The molecule has 0 radical (unpaired) electrons. The largest absolute Gasteiger partial charge is 0.323 e. The average molecular weight is 500 g/mol. The Balaban J connectivity index is 0.000000490. The van der Waals surface area contributed by atoms with Crippen molar-refractivity contribution in [3.63, 3.8) is 0 Å². The van der Waals surface area contributed by atoms with Crippen molar-refractivity contribution in [2.45, 2.75) is 97.9 Å². The van der Waals surface area contributed by atoms with E-state index in [1.165, 1.54) is 104 Å². The summed E-state index contributed by atoms with van der Waals surface area (Å²) in [5.74, 6) is 1.99. The molecule has 0 N–H and O–H groups in total. The SMILES string of the molecule is C=C1C=C2N(c3ccc(C4CCN(C)CC4)cc3N2C2CCCC2)c2cccc(C)c21.CC.CCCC. The van der Waals surface area contributed by atoms with Crippen LogP contribution in [0.3, 0.4) is 0 Å². The third kappa shape index (κ3) is 5.39. The van der Waals surface area contributed by atoms with E-state index in [4.69, 9.17) is 0 Å². The number of unbranched alkanes of at least 4 members (excludes halogenated alkanes) is 1. The first-order valence-electron chi connectivity index (χ1n) is 15.0. The van der Waals surface area contributed by atoms with E-state index in [-0.39, 0.29) is 0 Å². The van der Waals surface area contributed by atoms with E-state index in [0.717, 1.165) is 5.57 Å². The summed E-state index contributed by atoms with van der Waals surface area (Å²) in [6, 6.07) is 14.6. The molecule has 37 heavy (non-hydrogen) atoms. The molecular formula is C34H49N3. The van der Waals surface area contributed by atoms with Crippen molar-refractivity contribution in [1.82, 2.24) is 4.90 Å². The summed E-state index contributed by atoms with van der Waals surface area (Å²) in [7, 11) is 2.25. The summed E-state index contributed by atoms with van der Waals surface area (Å²) < 4.78 is 0. The molecule has 3 heteroatoms. The topological polar surface area (TPSA) is 9.72 Å². The Morgan fingerprint density at radius 3 is 2.19 bits per heavy atom. The maximum Gasteiger partial charge on any atom is 0.119 e. The second-order valence-corrected chi connectivity index (χ2v) is 11.0. The van der Waals surface area contributed by atoms with Gasteiger partial charge in [0, 0.05) is 11.6 Å². The Hall–Kier alpha value is -2.52. The van der Waals surface area contributed by atoms with Gasteiger partial charge in [0.1, 0.15) is 5.82 Å². The van der Waals surface area contributed by atoms with Crippen molar-refractivity contribution in [2.75, 3.05) is 29.9 Å². The van der Waals surface area contributed by atoms with Gasteiger partial charge in [-0.3, -0.25) is 4.90 Å². The lowest BCUT2D eigenvalue weighted by atomic mass is 9.89. The number of piperidine rings is 1. The number of anilines is 3. The van der Waals surface area contributed by atoms with E-state index in [1.54, 1.807) is 0 Å². The van der Waals surface area contributed by atoms with E-state index in [2.05, 4.69) is 91.6 Å². The molecule has 0 amide bonds. The van der Waals surface area contributed by atoms with Gasteiger partial charge in [-0.25, -0.2) is 0 Å². The number of allylic oxidation sites excluding steroid dienone is 2. The van der Waals surface area contributed by atoms with Crippen LogP contribution in [0.25, 0.3) is 5.57 Å². The van der Waals surface area contributed by atoms with Crippen LogP contribution in [0.1, 0.15) is 102 Å². The molecule has 2 aromatic rings. The van der Waals surface area contributed by atoms with Gasteiger partial charge in [-0.1, -0.05) is 78.2 Å². The molecule has 0 aromatic heterocycles. The number of rotatable bonds is 3. The smallest absolute Gasteiger partial charge is 0.119 e. The molecule has 0 unspecified atom stereocenters. The molecule has 200 valence electrons. The second kappa shape index (κ2) is 12.3. The summed E-state index contributed by atoms with van der Waals surface area (Å²) in [4.78, 5) is 7.63. The molecular weight excluding hydrogens is 450 g/mol. The Bertz CT molecular complexity index is 1100. The number of likely N-dealkylation sites (tertiary alicyclic amines) is 1. The zero-order valence-corrected chi connectivity index (χ0v) is 24.3. The van der Waals surface area contributed by atoms with Crippen LogP contribution < -0.4 is 9.80 Å². The summed E-state index contributed by atoms with van der Waals surface area (Å²) in [6.07, 6.45) is 12.8. The van der Waals surface area contributed by atoms with Gasteiger partial charge in [0.15, 0.2) is 0 Å². The second-order valence-electron chi connectivity index (χ2n) is 11.0. The molecule has 3 aliphatic heterocycles. The first kappa shape index (κ1) is 27.5. The number of aryl methyl sites for hydroxylation is 1. The number of hydrogen-bond acceptors (Lipinski definition) is 3. The molecule has 3 nitrogen and oxygen atoms in total. The number of nitrogens with zero attached hydrogens (tertiary/aromatic N) is 3. The van der Waals surface area contributed by atoms with Crippen LogP contribution in [-0.4, -0.2) is 31.1 Å². The third-order valence-electron chi connectivity index (χ3n) is 8.47. The molecule has 2 fully saturated rings. The summed E-state index contributed by atoms with van der Waals surface area (Å²) in [5.41, 5.74) is 9.32. The highest BCUT2D eigenvalue weighted by Gasteiger charge is 2.40. The van der Waals surface area contributed by atoms with Crippen LogP contribution in [0.15, 0.2) is 54.9 Å². The van der Waals surface area contributed by atoms with Gasteiger partial charge in [0.05, 0.1) is 17.1 Å². The van der Waals surface area contributed by atoms with Crippen LogP contribution in [-0.2, 0) is 0 Å². The normalized spacial score (nSPS) is 19.3. The van der Waals surface area contributed by atoms with Crippen LogP contribution in [0.5, 0.6) is 0 Å². The van der Waals surface area contributed by atoms with Crippen LogP contribution >= 0.6 is 0 Å². The Morgan fingerprint density at radius 2 is 1.54 bits per heavy atom. The number of fused-ring (bicyclic) bond motifs is 5. The van der Waals surface area contributed by atoms with Crippen molar-refractivity contribution >= 4 is 22.6 Å². The lowest BCUT2D eigenvalue weighted by Crippen LogP contribution is -2.35. The van der Waals surface area contributed by atoms with Gasteiger partial charge < -0.3 is 9.80 Å². The predicted molar refractivity (Wildman–Crippen MR) is 163 cm³/mol. The van der Waals surface area contributed by atoms with Gasteiger partial charge >= 0.3 is 0 Å². The summed E-state index contributed by atoms with van der Waals surface area (Å²) in [6.45, 7) is 17.4. The van der Waals surface area contributed by atoms with Gasteiger partial charge in [0.2, 0.25) is 0 Å². The third-order valence-corrected chi connectivity index (χ3v) is 8.47. The van der Waals surface area contributed by atoms with Gasteiger partial charge in [-0.2, -0.15) is 0 Å². The lowest BCUT2D eigenvalue weighted by Gasteiger charge is -2.34. The zero-order valence-electron chi connectivity index (χ0n) is 24.3. The van der Waals surface area contributed by atoms with Crippen LogP contribution in [0.2, 0.25) is 0 Å². The maximum atomic E-state index is 4.46. The molecule has 1 aliphatic carbocycles. The average Bonchev–Trinajstić information content (AvgIpc) is 3.56. The zero-order chi connectivity index (χ0) is 26.5. The quantitative estimate of drug-likeness (QED) is 0.416. The van der Waals surface area contributed by atoms with Crippen molar-refractivity contribution in [1.29, 1.82) is 0 Å². The van der Waals surface area contributed by atoms with Gasteiger partial charge in [-0.05, 0) is 99.6 Å². The van der Waals surface area contributed by atoms with Crippen molar-refractivity contribution < 1.29 is 0 Å². The monoisotopic (exact) mass is 499 g/mol. The van der Waals surface area contributed by atoms with Crippen molar-refractivity contribution in [2.24, 2.45) is 0 Å². The minimum Gasteiger partial charge on any atom is -0.323 e. The van der Waals surface area contributed by atoms with E-state index < -0.39 is 0 Å². The van der Waals surface area contributed by atoms with Gasteiger partial charge in [0.25, 0.3) is 0 Å². The molecule has 0 spiro atoms. The van der Waals surface area contributed by atoms with Crippen molar-refractivity contribution in [3.05, 3.63) is 71.6 Å². The van der Waals surface area contributed by atoms with E-state index in [1.807, 2.05) is 13.8 Å². The fourth-order valence-electron chi connectivity index (χ4n) is 6.29. The van der Waals surface area contributed by atoms with E-state index in [9.17, 15) is 0 Å². The van der Waals surface area contributed by atoms with E-state index in [0.29, 0.717) is 12.0 Å². The Kier molecular flexibility index (Phi) is 9.18. The minimum absolute atomic E-state index is 0.599. The highest BCUT2D eigenvalue weighted by atomic mass is 15.4. The maximum absolute atomic E-state index is 4.46. The molecule has 3 heterocycles. The highest BCUT2D eigenvalue weighted by Crippen LogP contribution is 2.54. The first-order valence-corrected chi connectivity index (χ1v) is 15.0. The van der Waals surface area contributed by atoms with E-state index >= 15 is 0 Å². The minimum atomic E-state index is 0.599. The fraction of sp³-hybridized carbons (Fsp3) is 0.529. The Morgan fingerprint density at radius 1 is 0.865 bits per heavy atom. The van der Waals surface area contributed by atoms with Crippen LogP contribution in [0, 0.1) is 6.92 Å². The summed E-state index contributed by atoms with van der Waals surface area (Å²) >= 11 is 0. The number of benzene rings is 2. The van der Waals surface area contributed by atoms with Crippen molar-refractivity contribution in [3.8, 4) is 0 Å². The molecule has 2 aromatic carbocycles. The molecule has 0 atom stereocenters. The summed E-state index contributed by atoms with van der Waals surface area (Å²) in [5, 5.41) is 0.